The highest BCUT2D eigenvalue weighted by molar-refractivity contribution is 7.80. The first-order chi connectivity index (χ1) is 8.74. The van der Waals surface area contributed by atoms with Crippen LogP contribution in [0.15, 0.2) is 0 Å². The van der Waals surface area contributed by atoms with Gasteiger partial charge in [0, 0.05) is 32.8 Å². The molecule has 0 spiro atoms. The molecule has 4 nitrogen and oxygen atoms in total. The Morgan fingerprint density at radius 3 is 2.44 bits per heavy atom. The fourth-order valence-corrected chi connectivity index (χ4v) is 1.86. The lowest BCUT2D eigenvalue weighted by Gasteiger charge is -2.20. The zero-order valence-electron chi connectivity index (χ0n) is 12.1. The molecule has 108 valence electrons. The molecule has 0 radical (unpaired) electrons. The van der Waals surface area contributed by atoms with E-state index in [0.29, 0.717) is 0 Å². The fraction of sp³-hybridized carbons (Fsp3) is 0.923. The minimum Gasteiger partial charge on any atom is -0.382 e. The second kappa shape index (κ2) is 13.1. The van der Waals surface area contributed by atoms with Crippen LogP contribution in [0.2, 0.25) is 0 Å². The van der Waals surface area contributed by atoms with Crippen LogP contribution in [0.4, 0.5) is 0 Å². The van der Waals surface area contributed by atoms with Crippen LogP contribution in [-0.2, 0) is 4.74 Å². The van der Waals surface area contributed by atoms with Crippen molar-refractivity contribution in [3.63, 3.8) is 0 Å². The second-order valence-corrected chi connectivity index (χ2v) is 4.58. The van der Waals surface area contributed by atoms with Crippen LogP contribution >= 0.6 is 12.2 Å². The van der Waals surface area contributed by atoms with Gasteiger partial charge in [0.05, 0.1) is 0 Å². The Kier molecular flexibility index (Phi) is 12.8. The highest BCUT2D eigenvalue weighted by Crippen LogP contribution is 1.89. The average molecular weight is 275 g/mol. The van der Waals surface area contributed by atoms with E-state index in [9.17, 15) is 0 Å². The fourth-order valence-electron chi connectivity index (χ4n) is 1.65. The van der Waals surface area contributed by atoms with Gasteiger partial charge in [0.15, 0.2) is 5.11 Å². The van der Waals surface area contributed by atoms with Crippen molar-refractivity contribution in [1.82, 2.24) is 15.5 Å². The first-order valence-electron chi connectivity index (χ1n) is 7.06. The molecule has 0 aliphatic heterocycles. The molecule has 5 heteroatoms. The molecular formula is C13H29N3OS. The van der Waals surface area contributed by atoms with Gasteiger partial charge in [0.25, 0.3) is 0 Å². The minimum absolute atomic E-state index is 0.749. The molecule has 0 aliphatic carbocycles. The summed E-state index contributed by atoms with van der Waals surface area (Å²) in [7, 11) is 0. The SMILES string of the molecule is CCCN(CC)CCNC(=S)NCCCOCC. The van der Waals surface area contributed by atoms with Gasteiger partial charge in [-0.15, -0.1) is 0 Å². The third-order valence-electron chi connectivity index (χ3n) is 2.66. The van der Waals surface area contributed by atoms with E-state index in [2.05, 4.69) is 29.4 Å². The smallest absolute Gasteiger partial charge is 0.166 e. The standard InChI is InChI=1S/C13H29N3OS/c1-4-10-16(5-2)11-9-15-13(18)14-8-7-12-17-6-3/h4-12H2,1-3H3,(H2,14,15,18). The molecule has 0 rings (SSSR count). The van der Waals surface area contributed by atoms with Gasteiger partial charge in [0.1, 0.15) is 0 Å². The number of likely N-dealkylation sites (N-methyl/N-ethyl adjacent to an activating group) is 1. The Hall–Kier alpha value is -0.390. The van der Waals surface area contributed by atoms with Gasteiger partial charge in [-0.1, -0.05) is 13.8 Å². The van der Waals surface area contributed by atoms with Crippen molar-refractivity contribution in [2.75, 3.05) is 45.9 Å². The summed E-state index contributed by atoms with van der Waals surface area (Å²) in [5.41, 5.74) is 0. The van der Waals surface area contributed by atoms with Crippen LogP contribution < -0.4 is 10.6 Å². The lowest BCUT2D eigenvalue weighted by atomic mass is 10.4. The minimum atomic E-state index is 0.749. The van der Waals surface area contributed by atoms with E-state index >= 15 is 0 Å². The summed E-state index contributed by atoms with van der Waals surface area (Å²) in [5.74, 6) is 0. The quantitative estimate of drug-likeness (QED) is 0.442. The Balaban J connectivity index is 3.40. The van der Waals surface area contributed by atoms with E-state index < -0.39 is 0 Å². The number of rotatable bonds is 11. The summed E-state index contributed by atoms with van der Waals surface area (Å²) in [6, 6.07) is 0. The number of nitrogens with one attached hydrogen (secondary N) is 2. The zero-order chi connectivity index (χ0) is 13.6. The summed E-state index contributed by atoms with van der Waals surface area (Å²) in [4.78, 5) is 2.42. The molecule has 0 aromatic rings. The Labute approximate surface area is 117 Å². The molecule has 0 fully saturated rings. The van der Waals surface area contributed by atoms with Crippen molar-refractivity contribution in [2.45, 2.75) is 33.6 Å². The van der Waals surface area contributed by atoms with Crippen LogP contribution in [0.3, 0.4) is 0 Å². The molecular weight excluding hydrogens is 246 g/mol. The molecule has 0 heterocycles. The van der Waals surface area contributed by atoms with Crippen molar-refractivity contribution in [2.24, 2.45) is 0 Å². The second-order valence-electron chi connectivity index (χ2n) is 4.17. The number of hydrogen-bond donors (Lipinski definition) is 2. The molecule has 2 N–H and O–H groups in total. The van der Waals surface area contributed by atoms with Crippen LogP contribution in [0.25, 0.3) is 0 Å². The molecule has 0 aromatic heterocycles. The van der Waals surface area contributed by atoms with E-state index in [1.807, 2.05) is 6.92 Å². The summed E-state index contributed by atoms with van der Waals surface area (Å²) >= 11 is 5.20. The predicted octanol–water partition coefficient (Wildman–Crippen LogP) is 1.61. The number of nitrogens with zero attached hydrogens (tertiary/aromatic N) is 1. The Morgan fingerprint density at radius 1 is 1.11 bits per heavy atom. The maximum atomic E-state index is 5.26. The maximum Gasteiger partial charge on any atom is 0.166 e. The topological polar surface area (TPSA) is 36.5 Å². The number of thiocarbonyl (C=S) groups is 1. The van der Waals surface area contributed by atoms with E-state index in [1.54, 1.807) is 0 Å². The molecule has 0 saturated carbocycles. The molecule has 0 aliphatic rings. The number of ether oxygens (including phenoxy) is 1. The van der Waals surface area contributed by atoms with E-state index in [1.165, 1.54) is 6.42 Å². The lowest BCUT2D eigenvalue weighted by Crippen LogP contribution is -2.40. The summed E-state index contributed by atoms with van der Waals surface area (Å²) in [5, 5.41) is 7.17. The van der Waals surface area contributed by atoms with Gasteiger partial charge in [-0.2, -0.15) is 0 Å². The monoisotopic (exact) mass is 275 g/mol. The van der Waals surface area contributed by atoms with Crippen molar-refractivity contribution in [3.8, 4) is 0 Å². The molecule has 0 saturated heterocycles. The van der Waals surface area contributed by atoms with Gasteiger partial charge in [-0.25, -0.2) is 0 Å². The van der Waals surface area contributed by atoms with Gasteiger partial charge >= 0.3 is 0 Å². The van der Waals surface area contributed by atoms with Crippen LogP contribution in [0.1, 0.15) is 33.6 Å². The third kappa shape index (κ3) is 10.7. The normalized spacial score (nSPS) is 10.7. The van der Waals surface area contributed by atoms with Gasteiger partial charge in [0.2, 0.25) is 0 Å². The van der Waals surface area contributed by atoms with Gasteiger partial charge in [-0.05, 0) is 45.1 Å². The summed E-state index contributed by atoms with van der Waals surface area (Å²) in [6.45, 7) is 13.1. The van der Waals surface area contributed by atoms with Crippen molar-refractivity contribution in [1.29, 1.82) is 0 Å². The van der Waals surface area contributed by atoms with E-state index in [4.69, 9.17) is 17.0 Å². The van der Waals surface area contributed by atoms with Crippen LogP contribution in [-0.4, -0.2) is 55.9 Å². The Morgan fingerprint density at radius 2 is 1.83 bits per heavy atom. The molecule has 0 aromatic carbocycles. The first kappa shape index (κ1) is 17.6. The molecule has 0 unspecified atom stereocenters. The van der Waals surface area contributed by atoms with Crippen LogP contribution in [0.5, 0.6) is 0 Å². The average Bonchev–Trinajstić information content (AvgIpc) is 2.37. The van der Waals surface area contributed by atoms with E-state index in [-0.39, 0.29) is 0 Å². The maximum absolute atomic E-state index is 5.26. The zero-order valence-corrected chi connectivity index (χ0v) is 12.9. The molecule has 0 bridgehead atoms. The molecule has 0 atom stereocenters. The molecule has 18 heavy (non-hydrogen) atoms. The largest absolute Gasteiger partial charge is 0.382 e. The van der Waals surface area contributed by atoms with Crippen LogP contribution in [0, 0.1) is 0 Å². The van der Waals surface area contributed by atoms with E-state index in [0.717, 1.165) is 57.5 Å². The van der Waals surface area contributed by atoms with Crippen molar-refractivity contribution in [3.05, 3.63) is 0 Å². The third-order valence-corrected chi connectivity index (χ3v) is 2.94. The Bertz CT molecular complexity index is 203. The highest BCUT2D eigenvalue weighted by atomic mass is 32.1. The van der Waals surface area contributed by atoms with Crippen molar-refractivity contribution < 1.29 is 4.74 Å². The van der Waals surface area contributed by atoms with Gasteiger partial charge in [-0.3, -0.25) is 0 Å². The lowest BCUT2D eigenvalue weighted by molar-refractivity contribution is 0.145. The number of hydrogen-bond acceptors (Lipinski definition) is 3. The highest BCUT2D eigenvalue weighted by Gasteiger charge is 2.00. The summed E-state index contributed by atoms with van der Waals surface area (Å²) < 4.78 is 5.26. The first-order valence-corrected chi connectivity index (χ1v) is 7.47. The summed E-state index contributed by atoms with van der Waals surface area (Å²) in [6.07, 6.45) is 2.19. The predicted molar refractivity (Wildman–Crippen MR) is 82.1 cm³/mol. The van der Waals surface area contributed by atoms with Crippen molar-refractivity contribution >= 4 is 17.3 Å². The molecule has 0 amide bonds. The van der Waals surface area contributed by atoms with Gasteiger partial charge < -0.3 is 20.3 Å².